The number of benzene rings is 1. The van der Waals surface area contributed by atoms with E-state index in [-0.39, 0.29) is 11.9 Å². The van der Waals surface area contributed by atoms with Gasteiger partial charge < -0.3 is 4.18 Å². The Balaban J connectivity index is 2.35. The van der Waals surface area contributed by atoms with Crippen molar-refractivity contribution in [1.29, 1.82) is 0 Å². The fraction of sp³-hybridized carbons (Fsp3) is 0.250. The highest BCUT2D eigenvalue weighted by Gasteiger charge is 2.17. The first-order valence-electron chi connectivity index (χ1n) is 5.91. The second kappa shape index (κ2) is 6.46. The van der Waals surface area contributed by atoms with Crippen LogP contribution in [0.2, 0.25) is 0 Å². The SMILES string of the molecule is COSc1c(C=O)ccc(C(=O)Nc2nnnn2C)c1C. The van der Waals surface area contributed by atoms with Crippen molar-refractivity contribution in [2.24, 2.45) is 7.05 Å². The van der Waals surface area contributed by atoms with Crippen molar-refractivity contribution in [3.8, 4) is 0 Å². The molecule has 1 aromatic heterocycles. The van der Waals surface area contributed by atoms with Crippen LogP contribution in [-0.2, 0) is 11.2 Å². The molecule has 110 valence electrons. The summed E-state index contributed by atoms with van der Waals surface area (Å²) in [4.78, 5) is 23.9. The Morgan fingerprint density at radius 2 is 2.24 bits per heavy atom. The fourth-order valence-corrected chi connectivity index (χ4v) is 2.36. The summed E-state index contributed by atoms with van der Waals surface area (Å²) >= 11 is 1.04. The zero-order valence-electron chi connectivity index (χ0n) is 11.7. The molecule has 9 heteroatoms. The Morgan fingerprint density at radius 1 is 1.48 bits per heavy atom. The number of hydrogen-bond acceptors (Lipinski definition) is 7. The number of aromatic nitrogens is 4. The molecule has 0 unspecified atom stereocenters. The molecule has 0 bridgehead atoms. The number of nitrogens with one attached hydrogen (secondary N) is 1. The summed E-state index contributed by atoms with van der Waals surface area (Å²) in [7, 11) is 3.11. The molecule has 8 nitrogen and oxygen atoms in total. The van der Waals surface area contributed by atoms with Crippen LogP contribution in [0.3, 0.4) is 0 Å². The molecule has 0 spiro atoms. The summed E-state index contributed by atoms with van der Waals surface area (Å²) in [6, 6.07) is 3.16. The molecule has 0 aliphatic rings. The van der Waals surface area contributed by atoms with Gasteiger partial charge in [0.05, 0.1) is 7.11 Å². The van der Waals surface area contributed by atoms with Crippen molar-refractivity contribution in [3.05, 3.63) is 28.8 Å². The van der Waals surface area contributed by atoms with E-state index in [1.807, 2.05) is 0 Å². The zero-order chi connectivity index (χ0) is 15.4. The smallest absolute Gasteiger partial charge is 0.258 e. The number of hydrogen-bond donors (Lipinski definition) is 1. The number of aldehydes is 1. The van der Waals surface area contributed by atoms with Crippen molar-refractivity contribution in [2.75, 3.05) is 12.4 Å². The lowest BCUT2D eigenvalue weighted by molar-refractivity contribution is 0.102. The fourth-order valence-electron chi connectivity index (χ4n) is 1.75. The number of anilines is 1. The van der Waals surface area contributed by atoms with Crippen LogP contribution in [0.1, 0.15) is 26.3 Å². The van der Waals surface area contributed by atoms with Crippen LogP contribution in [0.5, 0.6) is 0 Å². The van der Waals surface area contributed by atoms with Gasteiger partial charge >= 0.3 is 0 Å². The van der Waals surface area contributed by atoms with Crippen molar-refractivity contribution in [1.82, 2.24) is 20.2 Å². The van der Waals surface area contributed by atoms with Gasteiger partial charge in [-0.25, -0.2) is 4.68 Å². The van der Waals surface area contributed by atoms with Crippen LogP contribution in [0.4, 0.5) is 5.95 Å². The molecule has 1 amide bonds. The van der Waals surface area contributed by atoms with Gasteiger partial charge in [-0.1, -0.05) is 5.10 Å². The van der Waals surface area contributed by atoms with Gasteiger partial charge in [-0.15, -0.1) is 0 Å². The van der Waals surface area contributed by atoms with Crippen LogP contribution < -0.4 is 5.32 Å². The predicted octanol–water partition coefficient (Wildman–Crippen LogP) is 1.24. The summed E-state index contributed by atoms with van der Waals surface area (Å²) in [5.74, 6) is -0.124. The van der Waals surface area contributed by atoms with Gasteiger partial charge in [-0.2, -0.15) is 0 Å². The molecule has 2 aromatic rings. The molecule has 1 heterocycles. The summed E-state index contributed by atoms with van der Waals surface area (Å²) in [5.41, 5.74) is 1.54. The number of carbonyl (C=O) groups excluding carboxylic acids is 2. The van der Waals surface area contributed by atoms with E-state index in [1.54, 1.807) is 26.1 Å². The van der Waals surface area contributed by atoms with Gasteiger partial charge in [0.2, 0.25) is 5.95 Å². The van der Waals surface area contributed by atoms with Crippen LogP contribution in [-0.4, -0.2) is 39.5 Å². The van der Waals surface area contributed by atoms with Crippen molar-refractivity contribution in [3.63, 3.8) is 0 Å². The van der Waals surface area contributed by atoms with Crippen LogP contribution in [0, 0.1) is 6.92 Å². The third-order valence-corrected chi connectivity index (χ3v) is 3.70. The maximum Gasteiger partial charge on any atom is 0.258 e. The van der Waals surface area contributed by atoms with Crippen LogP contribution >= 0.6 is 12.0 Å². The molecule has 0 aliphatic heterocycles. The summed E-state index contributed by atoms with van der Waals surface area (Å²) in [5, 5.41) is 13.4. The van der Waals surface area contributed by atoms with Crippen molar-refractivity contribution < 1.29 is 13.8 Å². The van der Waals surface area contributed by atoms with Gasteiger partial charge in [-0.05, 0) is 35.0 Å². The lowest BCUT2D eigenvalue weighted by atomic mass is 10.0. The van der Waals surface area contributed by atoms with E-state index in [9.17, 15) is 9.59 Å². The second-order valence-electron chi connectivity index (χ2n) is 4.10. The monoisotopic (exact) mass is 307 g/mol. The topological polar surface area (TPSA) is 99.0 Å². The van der Waals surface area contributed by atoms with Gasteiger partial charge in [0, 0.05) is 35.1 Å². The quantitative estimate of drug-likeness (QED) is 0.655. The highest BCUT2D eigenvalue weighted by atomic mass is 32.2. The standard InChI is InChI=1S/C12H13N5O3S/c1-7-9(5-4-8(6-18)10(7)21-20-3)11(19)13-12-14-15-16-17(12)2/h4-6H,1-3H3,(H,13,14,16,19). The molecule has 1 aromatic carbocycles. The van der Waals surface area contributed by atoms with E-state index in [0.717, 1.165) is 18.3 Å². The minimum Gasteiger partial charge on any atom is -0.314 e. The number of rotatable bonds is 5. The first-order chi connectivity index (χ1) is 10.1. The molecule has 0 saturated carbocycles. The highest BCUT2D eigenvalue weighted by molar-refractivity contribution is 7.94. The largest absolute Gasteiger partial charge is 0.314 e. The number of nitrogens with zero attached hydrogens (tertiary/aromatic N) is 4. The lowest BCUT2D eigenvalue weighted by Gasteiger charge is -2.11. The average Bonchev–Trinajstić information content (AvgIpc) is 2.86. The number of carbonyl (C=O) groups is 2. The molecule has 0 fully saturated rings. The third-order valence-electron chi connectivity index (χ3n) is 2.82. The molecule has 0 saturated heterocycles. The highest BCUT2D eigenvalue weighted by Crippen LogP contribution is 2.28. The van der Waals surface area contributed by atoms with Crippen LogP contribution in [0.15, 0.2) is 17.0 Å². The van der Waals surface area contributed by atoms with E-state index in [1.165, 1.54) is 11.8 Å². The molecule has 2 rings (SSSR count). The molecule has 0 radical (unpaired) electrons. The molecular weight excluding hydrogens is 294 g/mol. The van der Waals surface area contributed by atoms with E-state index >= 15 is 0 Å². The Morgan fingerprint density at radius 3 is 2.81 bits per heavy atom. The normalized spacial score (nSPS) is 10.4. The van der Waals surface area contributed by atoms with E-state index < -0.39 is 0 Å². The van der Waals surface area contributed by atoms with Gasteiger partial charge in [0.15, 0.2) is 6.29 Å². The van der Waals surface area contributed by atoms with Gasteiger partial charge in [0.25, 0.3) is 5.91 Å². The number of tetrazole rings is 1. The maximum atomic E-state index is 12.3. The first-order valence-corrected chi connectivity index (χ1v) is 6.65. The lowest BCUT2D eigenvalue weighted by Crippen LogP contribution is -2.17. The zero-order valence-corrected chi connectivity index (χ0v) is 12.5. The van der Waals surface area contributed by atoms with Gasteiger partial charge in [0.1, 0.15) is 0 Å². The minimum absolute atomic E-state index is 0.236. The first kappa shape index (κ1) is 15.1. The Labute approximate surface area is 125 Å². The Hall–Kier alpha value is -2.26. The third kappa shape index (κ3) is 3.09. The average molecular weight is 307 g/mol. The molecule has 0 aliphatic carbocycles. The molecule has 1 N–H and O–H groups in total. The van der Waals surface area contributed by atoms with E-state index in [2.05, 4.69) is 20.8 Å². The number of amides is 1. The molecule has 21 heavy (non-hydrogen) atoms. The van der Waals surface area contributed by atoms with E-state index in [4.69, 9.17) is 4.18 Å². The Bertz CT molecular complexity index is 686. The summed E-state index contributed by atoms with van der Waals surface area (Å²) in [6.45, 7) is 1.75. The second-order valence-corrected chi connectivity index (χ2v) is 5.01. The summed E-state index contributed by atoms with van der Waals surface area (Å²) < 4.78 is 6.35. The molecule has 0 atom stereocenters. The van der Waals surface area contributed by atoms with Gasteiger partial charge in [-0.3, -0.25) is 14.9 Å². The maximum absolute atomic E-state index is 12.3. The van der Waals surface area contributed by atoms with Crippen LogP contribution in [0.25, 0.3) is 0 Å². The molecular formula is C12H13N5O3S. The summed E-state index contributed by atoms with van der Waals surface area (Å²) in [6.07, 6.45) is 0.725. The van der Waals surface area contributed by atoms with Crippen molar-refractivity contribution in [2.45, 2.75) is 11.8 Å². The number of aryl methyl sites for hydroxylation is 1. The minimum atomic E-state index is -0.360. The van der Waals surface area contributed by atoms with Crippen molar-refractivity contribution >= 4 is 30.2 Å². The van der Waals surface area contributed by atoms with E-state index in [0.29, 0.717) is 21.6 Å². The predicted molar refractivity (Wildman–Crippen MR) is 76.2 cm³/mol. The Kier molecular flexibility index (Phi) is 4.66.